The Bertz CT molecular complexity index is 587. The summed E-state index contributed by atoms with van der Waals surface area (Å²) in [5, 5.41) is 2.81. The van der Waals surface area contributed by atoms with E-state index in [2.05, 4.69) is 10.1 Å². The van der Waals surface area contributed by atoms with Crippen LogP contribution in [-0.2, 0) is 4.79 Å². The molecule has 0 heterocycles. The average Bonchev–Trinajstić information content (AvgIpc) is 3.36. The van der Waals surface area contributed by atoms with Gasteiger partial charge in [-0.3, -0.25) is 4.79 Å². The molecule has 2 saturated carbocycles. The predicted molar refractivity (Wildman–Crippen MR) is 77.7 cm³/mol. The van der Waals surface area contributed by atoms with E-state index in [9.17, 15) is 18.0 Å². The third-order valence-corrected chi connectivity index (χ3v) is 4.41. The molecule has 2 aliphatic rings. The van der Waals surface area contributed by atoms with Crippen LogP contribution in [0.15, 0.2) is 24.3 Å². The van der Waals surface area contributed by atoms with Crippen LogP contribution >= 0.6 is 0 Å². The van der Waals surface area contributed by atoms with Crippen LogP contribution in [0.2, 0.25) is 0 Å². The molecule has 2 aliphatic carbocycles. The number of para-hydroxylation sites is 1. The molecule has 0 radical (unpaired) electrons. The van der Waals surface area contributed by atoms with Crippen molar-refractivity contribution in [1.82, 2.24) is 5.32 Å². The van der Waals surface area contributed by atoms with Crippen molar-refractivity contribution in [2.24, 2.45) is 17.6 Å². The maximum Gasteiger partial charge on any atom is 0.573 e. The number of hydrogen-bond donors (Lipinski definition) is 2. The largest absolute Gasteiger partial charge is 0.573 e. The Morgan fingerprint density at radius 3 is 2.70 bits per heavy atom. The van der Waals surface area contributed by atoms with Gasteiger partial charge in [0.15, 0.2) is 0 Å². The summed E-state index contributed by atoms with van der Waals surface area (Å²) in [6.07, 6.45) is -2.00. The number of halogens is 3. The van der Waals surface area contributed by atoms with Crippen LogP contribution in [0.25, 0.3) is 0 Å². The van der Waals surface area contributed by atoms with Gasteiger partial charge < -0.3 is 15.8 Å². The lowest BCUT2D eigenvalue weighted by molar-refractivity contribution is -0.274. The second kappa shape index (κ2) is 6.03. The van der Waals surface area contributed by atoms with Crippen molar-refractivity contribution in [3.05, 3.63) is 29.8 Å². The smallest absolute Gasteiger partial charge is 0.405 e. The summed E-state index contributed by atoms with van der Waals surface area (Å²) in [4.78, 5) is 12.1. The molecule has 7 heteroatoms. The summed E-state index contributed by atoms with van der Waals surface area (Å²) in [5.74, 6) is -0.417. The predicted octanol–water partition coefficient (Wildman–Crippen LogP) is 2.54. The molecule has 3 unspecified atom stereocenters. The lowest BCUT2D eigenvalue weighted by atomic mass is 10.1. The summed E-state index contributed by atoms with van der Waals surface area (Å²) in [6.45, 7) is 0.424. The maximum absolute atomic E-state index is 12.4. The number of ether oxygens (including phenoxy) is 1. The summed E-state index contributed by atoms with van der Waals surface area (Å²) < 4.78 is 41.4. The molecule has 3 atom stereocenters. The van der Waals surface area contributed by atoms with E-state index in [1.54, 1.807) is 12.1 Å². The number of rotatable bonds is 6. The summed E-state index contributed by atoms with van der Waals surface area (Å²) in [5.41, 5.74) is 6.35. The van der Waals surface area contributed by atoms with Crippen LogP contribution in [0.5, 0.6) is 5.75 Å². The maximum atomic E-state index is 12.4. The molecular formula is C16H19F3N2O2. The Balaban J connectivity index is 1.58. The van der Waals surface area contributed by atoms with Gasteiger partial charge in [-0.2, -0.15) is 0 Å². The fourth-order valence-corrected chi connectivity index (χ4v) is 2.87. The summed E-state index contributed by atoms with van der Waals surface area (Å²) in [7, 11) is 0. The first-order valence-corrected chi connectivity index (χ1v) is 7.73. The quantitative estimate of drug-likeness (QED) is 0.843. The molecule has 126 valence electrons. The number of nitrogens with two attached hydrogens (primary N) is 1. The SMILES string of the molecule is NC(CNC(=O)C1CC1c1ccccc1OC(F)(F)F)C1CC1. The van der Waals surface area contributed by atoms with Crippen LogP contribution in [0.1, 0.15) is 30.7 Å². The monoisotopic (exact) mass is 328 g/mol. The molecule has 1 amide bonds. The van der Waals surface area contributed by atoms with Crippen LogP contribution in [0.3, 0.4) is 0 Å². The average molecular weight is 328 g/mol. The highest BCUT2D eigenvalue weighted by Gasteiger charge is 2.46. The zero-order valence-corrected chi connectivity index (χ0v) is 12.5. The van der Waals surface area contributed by atoms with Crippen molar-refractivity contribution in [1.29, 1.82) is 0 Å². The van der Waals surface area contributed by atoms with Crippen LogP contribution in [0, 0.1) is 11.8 Å². The highest BCUT2D eigenvalue weighted by atomic mass is 19.4. The van der Waals surface area contributed by atoms with E-state index < -0.39 is 6.36 Å². The summed E-state index contributed by atoms with van der Waals surface area (Å²) >= 11 is 0. The van der Waals surface area contributed by atoms with E-state index >= 15 is 0 Å². The topological polar surface area (TPSA) is 64.3 Å². The van der Waals surface area contributed by atoms with Gasteiger partial charge in [-0.15, -0.1) is 13.2 Å². The zero-order chi connectivity index (χ0) is 16.6. The standard InChI is InChI=1S/C16H19F3N2O2/c17-16(18,19)23-14-4-2-1-3-10(14)11-7-12(11)15(22)21-8-13(20)9-5-6-9/h1-4,9,11-13H,5-8,20H2,(H,21,22). The molecule has 3 rings (SSSR count). The minimum Gasteiger partial charge on any atom is -0.405 e. The number of benzene rings is 1. The Labute approximate surface area is 132 Å². The molecule has 0 saturated heterocycles. The molecule has 0 bridgehead atoms. The third kappa shape index (κ3) is 4.16. The molecule has 23 heavy (non-hydrogen) atoms. The van der Waals surface area contributed by atoms with E-state index in [0.717, 1.165) is 12.8 Å². The van der Waals surface area contributed by atoms with Gasteiger partial charge in [0, 0.05) is 18.5 Å². The fourth-order valence-electron chi connectivity index (χ4n) is 2.87. The minimum atomic E-state index is -4.74. The Morgan fingerprint density at radius 2 is 2.04 bits per heavy atom. The molecule has 0 spiro atoms. The van der Waals surface area contributed by atoms with Gasteiger partial charge >= 0.3 is 6.36 Å². The number of alkyl halides is 3. The molecule has 0 aromatic heterocycles. The van der Waals surface area contributed by atoms with Gasteiger partial charge in [0.2, 0.25) is 5.91 Å². The van der Waals surface area contributed by atoms with Crippen molar-refractivity contribution < 1.29 is 22.7 Å². The molecule has 1 aromatic rings. The van der Waals surface area contributed by atoms with Crippen LogP contribution < -0.4 is 15.8 Å². The van der Waals surface area contributed by atoms with E-state index in [1.165, 1.54) is 12.1 Å². The number of nitrogens with one attached hydrogen (secondary N) is 1. The molecule has 0 aliphatic heterocycles. The Morgan fingerprint density at radius 1 is 1.35 bits per heavy atom. The van der Waals surface area contributed by atoms with Crippen molar-refractivity contribution in [3.8, 4) is 5.75 Å². The lowest BCUT2D eigenvalue weighted by Gasteiger charge is -2.14. The van der Waals surface area contributed by atoms with Crippen molar-refractivity contribution in [2.45, 2.75) is 37.6 Å². The van der Waals surface area contributed by atoms with Gasteiger partial charge in [0.05, 0.1) is 0 Å². The highest BCUT2D eigenvalue weighted by Crippen LogP contribution is 2.51. The highest BCUT2D eigenvalue weighted by molar-refractivity contribution is 5.83. The van der Waals surface area contributed by atoms with Gasteiger partial charge in [-0.25, -0.2) is 0 Å². The van der Waals surface area contributed by atoms with Crippen molar-refractivity contribution in [2.75, 3.05) is 6.54 Å². The molecular weight excluding hydrogens is 309 g/mol. The first kappa shape index (κ1) is 16.1. The lowest BCUT2D eigenvalue weighted by Crippen LogP contribution is -2.39. The van der Waals surface area contributed by atoms with Crippen LogP contribution in [-0.4, -0.2) is 24.9 Å². The molecule has 3 N–H and O–H groups in total. The van der Waals surface area contributed by atoms with Gasteiger partial charge in [-0.05, 0) is 42.7 Å². The van der Waals surface area contributed by atoms with Gasteiger partial charge in [0.25, 0.3) is 0 Å². The second-order valence-corrected chi connectivity index (χ2v) is 6.28. The van der Waals surface area contributed by atoms with Gasteiger partial charge in [0.1, 0.15) is 5.75 Å². The van der Waals surface area contributed by atoms with Crippen molar-refractivity contribution >= 4 is 5.91 Å². The van der Waals surface area contributed by atoms with Crippen molar-refractivity contribution in [3.63, 3.8) is 0 Å². The van der Waals surface area contributed by atoms with E-state index in [0.29, 0.717) is 24.4 Å². The van der Waals surface area contributed by atoms with Crippen LogP contribution in [0.4, 0.5) is 13.2 Å². The third-order valence-electron chi connectivity index (χ3n) is 4.41. The zero-order valence-electron chi connectivity index (χ0n) is 12.5. The Hall–Kier alpha value is -1.76. The molecule has 1 aromatic carbocycles. The minimum absolute atomic E-state index is 0.0306. The number of carbonyl (C=O) groups is 1. The number of hydrogen-bond acceptors (Lipinski definition) is 3. The van der Waals surface area contributed by atoms with E-state index in [4.69, 9.17) is 5.73 Å². The van der Waals surface area contributed by atoms with E-state index in [-0.39, 0.29) is 29.5 Å². The second-order valence-electron chi connectivity index (χ2n) is 6.28. The molecule has 2 fully saturated rings. The fraction of sp³-hybridized carbons (Fsp3) is 0.562. The first-order valence-electron chi connectivity index (χ1n) is 7.73. The normalized spacial score (nSPS) is 24.9. The van der Waals surface area contributed by atoms with E-state index in [1.807, 2.05) is 0 Å². The first-order chi connectivity index (χ1) is 10.8. The number of amides is 1. The Kier molecular flexibility index (Phi) is 4.23. The number of carbonyl (C=O) groups excluding carboxylic acids is 1. The molecule has 4 nitrogen and oxygen atoms in total. The summed E-state index contributed by atoms with van der Waals surface area (Å²) in [6, 6.07) is 5.96. The van der Waals surface area contributed by atoms with Gasteiger partial charge in [-0.1, -0.05) is 18.2 Å².